The maximum absolute atomic E-state index is 10.5. The molecule has 1 aromatic carbocycles. The highest BCUT2D eigenvalue weighted by atomic mass is 35.5. The van der Waals surface area contributed by atoms with E-state index in [1.807, 2.05) is 6.92 Å². The Balaban J connectivity index is 2.70. The zero-order valence-corrected chi connectivity index (χ0v) is 9.54. The van der Waals surface area contributed by atoms with E-state index in [1.54, 1.807) is 31.2 Å². The van der Waals surface area contributed by atoms with Gasteiger partial charge in [-0.15, -0.1) is 0 Å². The van der Waals surface area contributed by atoms with E-state index in [1.165, 1.54) is 0 Å². The van der Waals surface area contributed by atoms with Crippen molar-refractivity contribution in [1.82, 2.24) is 0 Å². The van der Waals surface area contributed by atoms with E-state index < -0.39 is 0 Å². The minimum Gasteiger partial charge on any atom is -0.489 e. The molecule has 0 aliphatic carbocycles. The van der Waals surface area contributed by atoms with Crippen LogP contribution in [-0.2, 0) is 0 Å². The van der Waals surface area contributed by atoms with Crippen LogP contribution >= 0.6 is 11.6 Å². The Morgan fingerprint density at radius 2 is 2.27 bits per heavy atom. The number of benzene rings is 1. The molecular formula is C12H13ClO2. The molecule has 0 amide bonds. The summed E-state index contributed by atoms with van der Waals surface area (Å²) < 4.78 is 5.47. The van der Waals surface area contributed by atoms with Crippen LogP contribution in [-0.4, -0.2) is 12.9 Å². The van der Waals surface area contributed by atoms with Crippen LogP contribution in [0.2, 0.25) is 0 Å². The number of ether oxygens (including phenoxy) is 1. The van der Waals surface area contributed by atoms with Gasteiger partial charge in [-0.25, -0.2) is 0 Å². The van der Waals surface area contributed by atoms with Crippen molar-refractivity contribution < 1.29 is 9.53 Å². The number of hydrogen-bond donors (Lipinski definition) is 0. The lowest BCUT2D eigenvalue weighted by Crippen LogP contribution is -1.96. The first-order valence-electron chi connectivity index (χ1n) is 4.64. The molecule has 2 nitrogen and oxygen atoms in total. The number of carbonyl (C=O) groups is 1. The molecule has 3 heteroatoms. The molecule has 0 saturated carbocycles. The van der Waals surface area contributed by atoms with Gasteiger partial charge in [0.05, 0.1) is 0 Å². The van der Waals surface area contributed by atoms with Crippen LogP contribution in [0.15, 0.2) is 29.3 Å². The van der Waals surface area contributed by atoms with Gasteiger partial charge in [0.15, 0.2) is 0 Å². The predicted octanol–water partition coefficient (Wildman–Crippen LogP) is 3.33. The Kier molecular flexibility index (Phi) is 4.37. The Bertz CT molecular complexity index is 379. The lowest BCUT2D eigenvalue weighted by molar-refractivity contribution is 0.112. The zero-order valence-electron chi connectivity index (χ0n) is 8.79. The fourth-order valence-corrected chi connectivity index (χ4v) is 1.22. The van der Waals surface area contributed by atoms with E-state index in [4.69, 9.17) is 16.3 Å². The van der Waals surface area contributed by atoms with Gasteiger partial charge in [-0.2, -0.15) is 0 Å². The molecule has 0 fully saturated rings. The minimum absolute atomic E-state index is 0.441. The molecule has 0 aromatic heterocycles. The van der Waals surface area contributed by atoms with E-state index >= 15 is 0 Å². The summed E-state index contributed by atoms with van der Waals surface area (Å²) in [6.07, 6.45) is 2.61. The van der Waals surface area contributed by atoms with Crippen molar-refractivity contribution >= 4 is 17.9 Å². The van der Waals surface area contributed by atoms with Crippen LogP contribution in [0.5, 0.6) is 5.75 Å². The van der Waals surface area contributed by atoms with Crippen LogP contribution < -0.4 is 4.74 Å². The van der Waals surface area contributed by atoms with Crippen LogP contribution in [0.25, 0.3) is 0 Å². The minimum atomic E-state index is 0.441. The van der Waals surface area contributed by atoms with E-state index in [0.717, 1.165) is 17.6 Å². The standard InChI is InChI=1S/C12H13ClO2/c1-9-7-11(8-14)3-4-12(9)15-6-5-10(2)13/h3-5,7-8H,6H2,1-2H3/b10-5-. The smallest absolute Gasteiger partial charge is 0.150 e. The van der Waals surface area contributed by atoms with Crippen LogP contribution in [0.4, 0.5) is 0 Å². The van der Waals surface area contributed by atoms with Crippen molar-refractivity contribution in [3.8, 4) is 5.75 Å². The van der Waals surface area contributed by atoms with Crippen LogP contribution in [0, 0.1) is 6.92 Å². The maximum atomic E-state index is 10.5. The number of aryl methyl sites for hydroxylation is 1. The Hall–Kier alpha value is -1.28. The fraction of sp³-hybridized carbons (Fsp3) is 0.250. The first kappa shape index (κ1) is 11.8. The van der Waals surface area contributed by atoms with Gasteiger partial charge in [0.1, 0.15) is 18.6 Å². The Morgan fingerprint density at radius 1 is 1.53 bits per heavy atom. The molecule has 15 heavy (non-hydrogen) atoms. The number of carbonyl (C=O) groups excluding carboxylic acids is 1. The highest BCUT2D eigenvalue weighted by Crippen LogP contribution is 2.18. The average molecular weight is 225 g/mol. The van der Waals surface area contributed by atoms with Crippen molar-refractivity contribution in [2.45, 2.75) is 13.8 Å². The molecule has 0 bridgehead atoms. The first-order valence-corrected chi connectivity index (χ1v) is 5.02. The first-order chi connectivity index (χ1) is 7.13. The number of halogens is 1. The second kappa shape index (κ2) is 5.56. The highest BCUT2D eigenvalue weighted by molar-refractivity contribution is 6.29. The molecule has 0 unspecified atom stereocenters. The third-order valence-corrected chi connectivity index (χ3v) is 2.09. The van der Waals surface area contributed by atoms with Gasteiger partial charge in [0, 0.05) is 10.6 Å². The topological polar surface area (TPSA) is 26.3 Å². The molecule has 0 aliphatic rings. The molecule has 0 N–H and O–H groups in total. The van der Waals surface area contributed by atoms with Crippen molar-refractivity contribution in [3.63, 3.8) is 0 Å². The summed E-state index contributed by atoms with van der Waals surface area (Å²) >= 11 is 5.67. The molecule has 0 saturated heterocycles. The quantitative estimate of drug-likeness (QED) is 0.734. The van der Waals surface area contributed by atoms with Gasteiger partial charge in [-0.05, 0) is 43.7 Å². The van der Waals surface area contributed by atoms with Crippen molar-refractivity contribution in [1.29, 1.82) is 0 Å². The Labute approximate surface area is 94.5 Å². The third kappa shape index (κ3) is 3.76. The van der Waals surface area contributed by atoms with Crippen molar-refractivity contribution in [3.05, 3.63) is 40.4 Å². The molecule has 0 spiro atoms. The van der Waals surface area contributed by atoms with Crippen molar-refractivity contribution in [2.24, 2.45) is 0 Å². The fourth-order valence-electron chi connectivity index (χ4n) is 1.15. The normalized spacial score (nSPS) is 11.3. The molecular weight excluding hydrogens is 212 g/mol. The summed E-state index contributed by atoms with van der Waals surface area (Å²) in [6, 6.07) is 5.31. The lowest BCUT2D eigenvalue weighted by atomic mass is 10.1. The lowest BCUT2D eigenvalue weighted by Gasteiger charge is -2.07. The van der Waals surface area contributed by atoms with Gasteiger partial charge in [-0.1, -0.05) is 11.6 Å². The van der Waals surface area contributed by atoms with Gasteiger partial charge < -0.3 is 4.74 Å². The average Bonchev–Trinajstić information content (AvgIpc) is 2.20. The highest BCUT2D eigenvalue weighted by Gasteiger charge is 1.99. The van der Waals surface area contributed by atoms with Crippen molar-refractivity contribution in [2.75, 3.05) is 6.61 Å². The van der Waals surface area contributed by atoms with E-state index in [9.17, 15) is 4.79 Å². The van der Waals surface area contributed by atoms with Gasteiger partial charge in [-0.3, -0.25) is 4.79 Å². The third-order valence-electron chi connectivity index (χ3n) is 1.94. The summed E-state index contributed by atoms with van der Waals surface area (Å²) in [4.78, 5) is 10.5. The number of allylic oxidation sites excluding steroid dienone is 1. The second-order valence-electron chi connectivity index (χ2n) is 3.24. The number of aldehydes is 1. The summed E-state index contributed by atoms with van der Waals surface area (Å²) in [6.45, 7) is 4.14. The van der Waals surface area contributed by atoms with E-state index in [2.05, 4.69) is 0 Å². The summed E-state index contributed by atoms with van der Waals surface area (Å²) in [7, 11) is 0. The summed E-state index contributed by atoms with van der Waals surface area (Å²) in [5.41, 5.74) is 1.60. The van der Waals surface area contributed by atoms with Gasteiger partial charge >= 0.3 is 0 Å². The van der Waals surface area contributed by atoms with Gasteiger partial charge in [0.25, 0.3) is 0 Å². The molecule has 0 radical (unpaired) electrons. The summed E-state index contributed by atoms with van der Waals surface area (Å²) in [5, 5.41) is 0.706. The number of hydrogen-bond acceptors (Lipinski definition) is 2. The van der Waals surface area contributed by atoms with Gasteiger partial charge in [0.2, 0.25) is 0 Å². The maximum Gasteiger partial charge on any atom is 0.150 e. The SMILES string of the molecule is C/C(Cl)=C/COc1ccc(C=O)cc1C. The molecule has 80 valence electrons. The molecule has 0 heterocycles. The monoisotopic (exact) mass is 224 g/mol. The molecule has 0 atom stereocenters. The van der Waals surface area contributed by atoms with Crippen LogP contribution in [0.1, 0.15) is 22.8 Å². The number of rotatable bonds is 4. The Morgan fingerprint density at radius 3 is 2.80 bits per heavy atom. The van der Waals surface area contributed by atoms with Crippen LogP contribution in [0.3, 0.4) is 0 Å². The zero-order chi connectivity index (χ0) is 11.3. The predicted molar refractivity (Wildman–Crippen MR) is 61.7 cm³/mol. The molecule has 1 aromatic rings. The van der Waals surface area contributed by atoms with E-state index in [0.29, 0.717) is 17.2 Å². The molecule has 0 aliphatic heterocycles. The summed E-state index contributed by atoms with van der Waals surface area (Å²) in [5.74, 6) is 0.773. The molecule has 1 rings (SSSR count). The van der Waals surface area contributed by atoms with E-state index in [-0.39, 0.29) is 0 Å². The largest absolute Gasteiger partial charge is 0.489 e. The second-order valence-corrected chi connectivity index (χ2v) is 3.84.